The first-order chi connectivity index (χ1) is 8.95. The highest BCUT2D eigenvalue weighted by Crippen LogP contribution is 2.43. The van der Waals surface area contributed by atoms with Gasteiger partial charge in [0, 0.05) is 11.0 Å². The maximum absolute atomic E-state index is 11.3. The maximum atomic E-state index is 11.3. The molecule has 0 atom stereocenters. The Balaban J connectivity index is 2.37. The third-order valence-corrected chi connectivity index (χ3v) is 3.96. The topological polar surface area (TPSA) is 42.9 Å². The Morgan fingerprint density at radius 1 is 1.11 bits per heavy atom. The van der Waals surface area contributed by atoms with Crippen LogP contribution in [0.2, 0.25) is 0 Å². The summed E-state index contributed by atoms with van der Waals surface area (Å²) >= 11 is 0. The van der Waals surface area contributed by atoms with Gasteiger partial charge in [0.1, 0.15) is 6.29 Å². The Bertz CT molecular complexity index is 742. The van der Waals surface area contributed by atoms with Gasteiger partial charge in [0.2, 0.25) is 0 Å². The third-order valence-electron chi connectivity index (χ3n) is 3.96. The van der Waals surface area contributed by atoms with Crippen molar-refractivity contribution in [2.75, 3.05) is 0 Å². The highest BCUT2D eigenvalue weighted by molar-refractivity contribution is 5.95. The summed E-state index contributed by atoms with van der Waals surface area (Å²) in [4.78, 5) is 20.8. The summed E-state index contributed by atoms with van der Waals surface area (Å²) in [5.74, 6) is 0. The summed E-state index contributed by atoms with van der Waals surface area (Å²) in [7, 11) is 0. The Labute approximate surface area is 112 Å². The molecule has 0 aliphatic heterocycles. The van der Waals surface area contributed by atoms with Gasteiger partial charge in [0.15, 0.2) is 0 Å². The van der Waals surface area contributed by atoms with Crippen LogP contribution in [0.15, 0.2) is 23.8 Å². The number of aryl methyl sites for hydroxylation is 1. The summed E-state index contributed by atoms with van der Waals surface area (Å²) in [6, 6.07) is 6.05. The second kappa shape index (κ2) is 3.73. The number of carbonyl (C=O) groups is 1. The van der Waals surface area contributed by atoms with E-state index < -0.39 is 0 Å². The van der Waals surface area contributed by atoms with E-state index in [2.05, 4.69) is 0 Å². The molecular weight excluding hydrogens is 236 g/mol. The van der Waals surface area contributed by atoms with Crippen LogP contribution in [0, 0.1) is 6.92 Å². The van der Waals surface area contributed by atoms with Crippen LogP contribution in [0.5, 0.6) is 0 Å². The molecule has 3 rings (SSSR count). The summed E-state index contributed by atoms with van der Waals surface area (Å²) in [6.45, 7) is 8.05. The number of aldehydes is 1. The van der Waals surface area contributed by atoms with E-state index in [4.69, 9.17) is 9.97 Å². The quantitative estimate of drug-likeness (QED) is 0.732. The fourth-order valence-corrected chi connectivity index (χ4v) is 2.82. The number of hydrogen-bond acceptors (Lipinski definition) is 3. The molecule has 96 valence electrons. The van der Waals surface area contributed by atoms with Gasteiger partial charge >= 0.3 is 0 Å². The number of carbonyl (C=O) groups excluding carboxylic acids is 1. The third kappa shape index (κ3) is 1.54. The molecule has 3 nitrogen and oxygen atoms in total. The summed E-state index contributed by atoms with van der Waals surface area (Å²) in [6.07, 6.45) is 0.939. The standard InChI is InChI=1S/C16H16N2O/c1-9-5-6-12-13(7-9)18-15-14(17-12)10(2)11(8-19)16(15,3)4/h5-8H,1-4H3. The number of rotatable bonds is 1. The first-order valence-corrected chi connectivity index (χ1v) is 6.41. The lowest BCUT2D eigenvalue weighted by molar-refractivity contribution is -0.105. The molecule has 1 heterocycles. The fourth-order valence-electron chi connectivity index (χ4n) is 2.82. The molecule has 0 N–H and O–H groups in total. The molecule has 2 aromatic rings. The van der Waals surface area contributed by atoms with Crippen LogP contribution in [0.4, 0.5) is 0 Å². The van der Waals surface area contributed by atoms with Crippen LogP contribution in [0.1, 0.15) is 37.7 Å². The molecule has 19 heavy (non-hydrogen) atoms. The smallest absolute Gasteiger partial charge is 0.147 e. The second-order valence-corrected chi connectivity index (χ2v) is 5.69. The molecule has 0 saturated heterocycles. The minimum atomic E-state index is -0.355. The van der Waals surface area contributed by atoms with Crippen molar-refractivity contribution in [2.24, 2.45) is 0 Å². The minimum absolute atomic E-state index is 0.355. The molecule has 3 heteroatoms. The van der Waals surface area contributed by atoms with Crippen molar-refractivity contribution in [1.29, 1.82) is 0 Å². The van der Waals surface area contributed by atoms with Crippen LogP contribution in [0.3, 0.4) is 0 Å². The highest BCUT2D eigenvalue weighted by atomic mass is 16.1. The lowest BCUT2D eigenvalue weighted by Crippen LogP contribution is -2.20. The summed E-state index contributed by atoms with van der Waals surface area (Å²) < 4.78 is 0. The van der Waals surface area contributed by atoms with Crippen LogP contribution in [-0.4, -0.2) is 16.3 Å². The predicted octanol–water partition coefficient (Wildman–Crippen LogP) is 3.20. The van der Waals surface area contributed by atoms with Crippen molar-refractivity contribution in [3.8, 4) is 0 Å². The number of fused-ring (bicyclic) bond motifs is 2. The number of nitrogens with zero attached hydrogens (tertiary/aromatic N) is 2. The average molecular weight is 252 g/mol. The SMILES string of the molecule is CC1=C(C=O)C(C)(C)c2nc3cc(C)ccc3nc21. The van der Waals surface area contributed by atoms with Gasteiger partial charge in [-0.3, -0.25) is 4.79 Å². The molecular formula is C16H16N2O. The van der Waals surface area contributed by atoms with Gasteiger partial charge in [-0.2, -0.15) is 0 Å². The van der Waals surface area contributed by atoms with Gasteiger partial charge in [-0.05, 0) is 51.0 Å². The van der Waals surface area contributed by atoms with Crippen molar-refractivity contribution >= 4 is 22.9 Å². The molecule has 0 bridgehead atoms. The summed E-state index contributed by atoms with van der Waals surface area (Å²) in [5, 5.41) is 0. The predicted molar refractivity (Wildman–Crippen MR) is 76.0 cm³/mol. The number of allylic oxidation sites excluding steroid dienone is 2. The zero-order valence-electron chi connectivity index (χ0n) is 11.6. The van der Waals surface area contributed by atoms with Crippen molar-refractivity contribution in [2.45, 2.75) is 33.1 Å². The maximum Gasteiger partial charge on any atom is 0.147 e. The molecule has 1 aromatic carbocycles. The van der Waals surface area contributed by atoms with E-state index in [1.807, 2.05) is 45.9 Å². The largest absolute Gasteiger partial charge is 0.298 e. The van der Waals surface area contributed by atoms with Gasteiger partial charge in [-0.25, -0.2) is 9.97 Å². The monoisotopic (exact) mass is 252 g/mol. The number of benzene rings is 1. The van der Waals surface area contributed by atoms with Crippen LogP contribution in [-0.2, 0) is 10.2 Å². The molecule has 0 unspecified atom stereocenters. The number of aromatic nitrogens is 2. The molecule has 1 aliphatic carbocycles. The van der Waals surface area contributed by atoms with E-state index >= 15 is 0 Å². The zero-order chi connectivity index (χ0) is 13.8. The van der Waals surface area contributed by atoms with E-state index in [1.54, 1.807) is 0 Å². The van der Waals surface area contributed by atoms with E-state index in [-0.39, 0.29) is 5.41 Å². The average Bonchev–Trinajstić information content (AvgIpc) is 2.54. The van der Waals surface area contributed by atoms with Crippen molar-refractivity contribution in [1.82, 2.24) is 9.97 Å². The zero-order valence-corrected chi connectivity index (χ0v) is 11.6. The highest BCUT2D eigenvalue weighted by Gasteiger charge is 2.38. The first kappa shape index (κ1) is 12.0. The lowest BCUT2D eigenvalue weighted by Gasteiger charge is -2.19. The Hall–Kier alpha value is -2.03. The van der Waals surface area contributed by atoms with Gasteiger partial charge in [0.25, 0.3) is 0 Å². The van der Waals surface area contributed by atoms with E-state index in [0.29, 0.717) is 0 Å². The summed E-state index contributed by atoms with van der Waals surface area (Å²) in [5.41, 5.74) is 6.09. The minimum Gasteiger partial charge on any atom is -0.298 e. The van der Waals surface area contributed by atoms with Crippen LogP contribution < -0.4 is 0 Å². The van der Waals surface area contributed by atoms with Crippen molar-refractivity contribution in [3.05, 3.63) is 40.7 Å². The van der Waals surface area contributed by atoms with Gasteiger partial charge in [-0.1, -0.05) is 6.07 Å². The van der Waals surface area contributed by atoms with Gasteiger partial charge < -0.3 is 0 Å². The van der Waals surface area contributed by atoms with E-state index in [1.165, 1.54) is 0 Å². The lowest BCUT2D eigenvalue weighted by atomic mass is 9.85. The Morgan fingerprint density at radius 3 is 2.53 bits per heavy atom. The number of hydrogen-bond donors (Lipinski definition) is 0. The fraction of sp³-hybridized carbons (Fsp3) is 0.312. The van der Waals surface area contributed by atoms with E-state index in [0.717, 1.165) is 45.4 Å². The Morgan fingerprint density at radius 2 is 1.84 bits per heavy atom. The van der Waals surface area contributed by atoms with Crippen LogP contribution >= 0.6 is 0 Å². The molecule has 0 radical (unpaired) electrons. The molecule has 0 spiro atoms. The molecule has 0 saturated carbocycles. The molecule has 1 aliphatic rings. The van der Waals surface area contributed by atoms with Crippen molar-refractivity contribution in [3.63, 3.8) is 0 Å². The normalized spacial score (nSPS) is 16.8. The molecule has 1 aromatic heterocycles. The first-order valence-electron chi connectivity index (χ1n) is 6.41. The Kier molecular flexibility index (Phi) is 2.36. The van der Waals surface area contributed by atoms with Gasteiger partial charge in [0.05, 0.1) is 22.4 Å². The van der Waals surface area contributed by atoms with E-state index in [9.17, 15) is 4.79 Å². The van der Waals surface area contributed by atoms with Crippen molar-refractivity contribution < 1.29 is 4.79 Å². The molecule has 0 fully saturated rings. The molecule has 0 amide bonds. The van der Waals surface area contributed by atoms with Crippen LogP contribution in [0.25, 0.3) is 16.6 Å². The van der Waals surface area contributed by atoms with Gasteiger partial charge in [-0.15, -0.1) is 0 Å². The second-order valence-electron chi connectivity index (χ2n) is 5.69.